The second kappa shape index (κ2) is 4.44. The minimum absolute atomic E-state index is 0. The number of primary amides is 1. The Labute approximate surface area is 48.3 Å². The van der Waals surface area contributed by atoms with Gasteiger partial charge in [0.05, 0.1) is 0 Å². The molecule has 0 bridgehead atoms. The minimum Gasteiger partial charge on any atom is -0.361 e. The van der Waals surface area contributed by atoms with E-state index in [0.717, 1.165) is 0 Å². The maximum Gasteiger partial charge on any atom is 0.273 e. The SMILES string of the molecule is NC(=O)S.[Zn]. The molecule has 0 aliphatic heterocycles. The van der Waals surface area contributed by atoms with Crippen LogP contribution in [0.4, 0.5) is 4.79 Å². The topological polar surface area (TPSA) is 43.1 Å². The summed E-state index contributed by atoms with van der Waals surface area (Å²) in [5.41, 5.74) is 4.34. The van der Waals surface area contributed by atoms with Crippen LogP contribution in [0.3, 0.4) is 0 Å². The van der Waals surface area contributed by atoms with E-state index in [4.69, 9.17) is 4.79 Å². The first-order valence-corrected chi connectivity index (χ1v) is 1.16. The molecule has 2 N–H and O–H groups in total. The molecular weight excluding hydrogens is 139 g/mol. The normalized spacial score (nSPS) is 5.00. The van der Waals surface area contributed by atoms with Crippen molar-refractivity contribution in [1.82, 2.24) is 0 Å². The fourth-order valence-electron chi connectivity index (χ4n) is 0. The van der Waals surface area contributed by atoms with Gasteiger partial charge in [0, 0.05) is 19.5 Å². The fraction of sp³-hybridized carbons (Fsp3) is 0. The molecule has 4 heteroatoms. The molecule has 0 fully saturated rings. The third-order valence-electron chi connectivity index (χ3n) is 0. The van der Waals surface area contributed by atoms with Crippen molar-refractivity contribution in [3.8, 4) is 0 Å². The first-order chi connectivity index (χ1) is 1.73. The summed E-state index contributed by atoms with van der Waals surface area (Å²) >= 11 is 3.10. The van der Waals surface area contributed by atoms with Gasteiger partial charge in [0.25, 0.3) is 5.24 Å². The average Bonchev–Trinajstić information content (AvgIpc) is 0.811. The van der Waals surface area contributed by atoms with Crippen LogP contribution in [0.15, 0.2) is 0 Å². The molecule has 0 radical (unpaired) electrons. The van der Waals surface area contributed by atoms with Gasteiger partial charge in [-0.15, -0.1) is 0 Å². The Morgan fingerprint density at radius 2 is 1.80 bits per heavy atom. The standard InChI is InChI=1S/CH3NOS.Zn/c2-1(3)4;/h(H3,2,3,4);. The van der Waals surface area contributed by atoms with Crippen molar-refractivity contribution in [1.29, 1.82) is 0 Å². The predicted octanol–water partition coefficient (Wildman–Crippen LogP) is -0.00760. The van der Waals surface area contributed by atoms with Crippen LogP contribution in [0.25, 0.3) is 0 Å². The molecule has 0 saturated heterocycles. The molecule has 1 amide bonds. The Morgan fingerprint density at radius 1 is 1.80 bits per heavy atom. The summed E-state index contributed by atoms with van der Waals surface area (Å²) < 4.78 is 0. The zero-order valence-corrected chi connectivity index (χ0v) is 6.50. The van der Waals surface area contributed by atoms with Gasteiger partial charge in [-0.2, -0.15) is 0 Å². The molecular formula is CH3NOSZn. The molecule has 0 atom stereocenters. The summed E-state index contributed by atoms with van der Waals surface area (Å²) in [6.45, 7) is 0. The summed E-state index contributed by atoms with van der Waals surface area (Å²) in [6.07, 6.45) is 0. The minimum atomic E-state index is -0.639. The van der Waals surface area contributed by atoms with Crippen LogP contribution in [-0.4, -0.2) is 5.24 Å². The van der Waals surface area contributed by atoms with E-state index in [0.29, 0.717) is 0 Å². The van der Waals surface area contributed by atoms with Gasteiger partial charge in [-0.1, -0.05) is 12.6 Å². The number of hydrogen-bond donors (Lipinski definition) is 2. The first kappa shape index (κ1) is 9.06. The van der Waals surface area contributed by atoms with Crippen LogP contribution in [0, 0.1) is 0 Å². The van der Waals surface area contributed by atoms with Crippen molar-refractivity contribution < 1.29 is 24.3 Å². The zero-order chi connectivity index (χ0) is 3.58. The van der Waals surface area contributed by atoms with E-state index in [1.165, 1.54) is 0 Å². The van der Waals surface area contributed by atoms with Gasteiger partial charge in [0.2, 0.25) is 0 Å². The van der Waals surface area contributed by atoms with Crippen LogP contribution in [0.5, 0.6) is 0 Å². The first-order valence-electron chi connectivity index (χ1n) is 0.716. The van der Waals surface area contributed by atoms with Crippen molar-refractivity contribution in [3.05, 3.63) is 0 Å². The summed E-state index contributed by atoms with van der Waals surface area (Å²) in [5, 5.41) is -0.639. The quantitative estimate of drug-likeness (QED) is 0.363. The number of nitrogens with two attached hydrogens (primary N) is 1. The Hall–Kier alpha value is 0.443. The molecule has 0 aromatic heterocycles. The molecule has 0 saturated carbocycles. The molecule has 2 nitrogen and oxygen atoms in total. The van der Waals surface area contributed by atoms with E-state index < -0.39 is 5.24 Å². The van der Waals surface area contributed by atoms with Crippen LogP contribution >= 0.6 is 12.6 Å². The van der Waals surface area contributed by atoms with Gasteiger partial charge in [0.15, 0.2) is 0 Å². The molecule has 0 aromatic rings. The molecule has 0 rings (SSSR count). The van der Waals surface area contributed by atoms with Gasteiger partial charge < -0.3 is 5.73 Å². The van der Waals surface area contributed by atoms with Crippen molar-refractivity contribution >= 4 is 17.9 Å². The van der Waals surface area contributed by atoms with Crippen molar-refractivity contribution in [3.63, 3.8) is 0 Å². The fourth-order valence-corrected chi connectivity index (χ4v) is 0. The third-order valence-corrected chi connectivity index (χ3v) is 0. The molecule has 0 aromatic carbocycles. The number of rotatable bonds is 0. The third kappa shape index (κ3) is 135. The summed E-state index contributed by atoms with van der Waals surface area (Å²) in [4.78, 5) is 9.09. The van der Waals surface area contributed by atoms with Crippen molar-refractivity contribution in [2.75, 3.05) is 0 Å². The van der Waals surface area contributed by atoms with E-state index in [9.17, 15) is 0 Å². The molecule has 0 unspecified atom stereocenters. The second-order valence-corrected chi connectivity index (χ2v) is 0.779. The van der Waals surface area contributed by atoms with E-state index in [2.05, 4.69) is 18.4 Å². The largest absolute Gasteiger partial charge is 0.361 e. The number of amides is 1. The van der Waals surface area contributed by atoms with E-state index in [-0.39, 0.29) is 19.5 Å². The monoisotopic (exact) mass is 141 g/mol. The zero-order valence-electron chi connectivity index (χ0n) is 2.64. The number of carbonyl (C=O) groups is 1. The Bertz CT molecular complexity index is 34.6. The summed E-state index contributed by atoms with van der Waals surface area (Å²) in [5.74, 6) is 0. The van der Waals surface area contributed by atoms with Crippen molar-refractivity contribution in [2.24, 2.45) is 5.73 Å². The maximum absolute atomic E-state index is 9.09. The molecule has 0 heterocycles. The van der Waals surface area contributed by atoms with Gasteiger partial charge in [-0.25, -0.2) is 0 Å². The molecule has 0 aliphatic rings. The van der Waals surface area contributed by atoms with E-state index in [1.54, 1.807) is 0 Å². The Balaban J connectivity index is 0. The van der Waals surface area contributed by atoms with Gasteiger partial charge in [-0.05, 0) is 0 Å². The van der Waals surface area contributed by atoms with E-state index in [1.807, 2.05) is 0 Å². The van der Waals surface area contributed by atoms with Gasteiger partial charge in [-0.3, -0.25) is 4.79 Å². The van der Waals surface area contributed by atoms with Gasteiger partial charge >= 0.3 is 0 Å². The van der Waals surface area contributed by atoms with Gasteiger partial charge in [0.1, 0.15) is 0 Å². The van der Waals surface area contributed by atoms with E-state index >= 15 is 0 Å². The van der Waals surface area contributed by atoms with Crippen LogP contribution in [0.2, 0.25) is 0 Å². The second-order valence-electron chi connectivity index (χ2n) is 0.338. The Kier molecular flexibility index (Phi) is 8.06. The van der Waals surface area contributed by atoms with Crippen LogP contribution in [-0.2, 0) is 19.5 Å². The number of hydrogen-bond acceptors (Lipinski definition) is 1. The smallest absolute Gasteiger partial charge is 0.273 e. The van der Waals surface area contributed by atoms with Crippen LogP contribution in [0.1, 0.15) is 0 Å². The predicted molar refractivity (Wildman–Crippen MR) is 18.6 cm³/mol. The number of thiol groups is 1. The molecule has 5 heavy (non-hydrogen) atoms. The van der Waals surface area contributed by atoms with Crippen LogP contribution < -0.4 is 5.73 Å². The summed E-state index contributed by atoms with van der Waals surface area (Å²) in [7, 11) is 0. The molecule has 0 spiro atoms. The average molecular weight is 142 g/mol. The molecule has 0 aliphatic carbocycles. The molecule has 26 valence electrons. The summed E-state index contributed by atoms with van der Waals surface area (Å²) in [6, 6.07) is 0. The maximum atomic E-state index is 9.09. The number of carbonyl (C=O) groups excluding carboxylic acids is 1. The van der Waals surface area contributed by atoms with Crippen molar-refractivity contribution in [2.45, 2.75) is 0 Å². The Morgan fingerprint density at radius 3 is 1.80 bits per heavy atom.